The maximum Gasteiger partial charge on any atom is 0.269 e. The average molecular weight is 338 g/mol. The molecule has 1 aliphatic rings. The monoisotopic (exact) mass is 338 g/mol. The highest BCUT2D eigenvalue weighted by molar-refractivity contribution is 6.07. The summed E-state index contributed by atoms with van der Waals surface area (Å²) in [5.41, 5.74) is 2.46. The fraction of sp³-hybridized carbons (Fsp3) is 0.211. The topological polar surface area (TPSA) is 72.7 Å². The van der Waals surface area contributed by atoms with Gasteiger partial charge in [0.05, 0.1) is 18.1 Å². The average Bonchev–Trinajstić information content (AvgIpc) is 2.67. The SMILES string of the molecule is O=C(/C=C/c1ccc([N+](=O)[O-])cc1)c1ccc(N2CCOCC2)cc1. The number of nitrogens with zero attached hydrogens (tertiary/aromatic N) is 2. The van der Waals surface area contributed by atoms with Gasteiger partial charge in [-0.25, -0.2) is 0 Å². The number of morpholine rings is 1. The van der Waals surface area contributed by atoms with Crippen LogP contribution in [0.2, 0.25) is 0 Å². The Balaban J connectivity index is 1.65. The van der Waals surface area contributed by atoms with Gasteiger partial charge in [0.2, 0.25) is 0 Å². The summed E-state index contributed by atoms with van der Waals surface area (Å²) in [7, 11) is 0. The molecule has 0 amide bonds. The van der Waals surface area contributed by atoms with E-state index < -0.39 is 4.92 Å². The molecule has 0 saturated carbocycles. The number of hydrogen-bond acceptors (Lipinski definition) is 5. The fourth-order valence-corrected chi connectivity index (χ4v) is 2.63. The lowest BCUT2D eigenvalue weighted by Crippen LogP contribution is -2.36. The quantitative estimate of drug-likeness (QED) is 0.362. The van der Waals surface area contributed by atoms with Gasteiger partial charge in [-0.1, -0.05) is 6.08 Å². The Morgan fingerprint density at radius 2 is 1.68 bits per heavy atom. The van der Waals surface area contributed by atoms with Gasteiger partial charge in [0.15, 0.2) is 5.78 Å². The number of carbonyl (C=O) groups excluding carboxylic acids is 1. The van der Waals surface area contributed by atoms with Gasteiger partial charge < -0.3 is 9.64 Å². The molecule has 0 bridgehead atoms. The van der Waals surface area contributed by atoms with E-state index in [1.54, 1.807) is 18.2 Å². The van der Waals surface area contributed by atoms with Gasteiger partial charge in [-0.15, -0.1) is 0 Å². The first kappa shape index (κ1) is 16.9. The minimum Gasteiger partial charge on any atom is -0.378 e. The maximum atomic E-state index is 12.3. The van der Waals surface area contributed by atoms with Gasteiger partial charge in [0, 0.05) is 36.5 Å². The Hall–Kier alpha value is -2.99. The number of nitro groups is 1. The van der Waals surface area contributed by atoms with Gasteiger partial charge in [0.1, 0.15) is 0 Å². The van der Waals surface area contributed by atoms with Crippen molar-refractivity contribution in [1.29, 1.82) is 0 Å². The number of ketones is 1. The lowest BCUT2D eigenvalue weighted by Gasteiger charge is -2.28. The first-order chi connectivity index (χ1) is 12.1. The third-order valence-electron chi connectivity index (χ3n) is 4.06. The van der Waals surface area contributed by atoms with Crippen LogP contribution in [0.15, 0.2) is 54.6 Å². The van der Waals surface area contributed by atoms with Crippen molar-refractivity contribution < 1.29 is 14.5 Å². The molecule has 3 rings (SSSR count). The second-order valence-electron chi connectivity index (χ2n) is 5.69. The van der Waals surface area contributed by atoms with Crippen molar-refractivity contribution >= 4 is 23.2 Å². The van der Waals surface area contributed by atoms with E-state index >= 15 is 0 Å². The lowest BCUT2D eigenvalue weighted by molar-refractivity contribution is -0.384. The maximum absolute atomic E-state index is 12.3. The predicted molar refractivity (Wildman–Crippen MR) is 95.9 cm³/mol. The third-order valence-corrected chi connectivity index (χ3v) is 4.06. The first-order valence-electron chi connectivity index (χ1n) is 8.03. The van der Waals surface area contributed by atoms with E-state index in [2.05, 4.69) is 4.90 Å². The van der Waals surface area contributed by atoms with Gasteiger partial charge in [-0.05, 0) is 48.0 Å². The normalized spacial score (nSPS) is 14.6. The minimum atomic E-state index is -0.450. The summed E-state index contributed by atoms with van der Waals surface area (Å²) in [6, 6.07) is 13.6. The molecule has 6 heteroatoms. The van der Waals surface area contributed by atoms with E-state index in [9.17, 15) is 14.9 Å². The summed E-state index contributed by atoms with van der Waals surface area (Å²) in [5, 5.41) is 10.6. The first-order valence-corrected chi connectivity index (χ1v) is 8.03. The molecule has 2 aromatic carbocycles. The molecule has 1 fully saturated rings. The highest BCUT2D eigenvalue weighted by Crippen LogP contribution is 2.18. The van der Waals surface area contributed by atoms with Crippen molar-refractivity contribution in [3.63, 3.8) is 0 Å². The summed E-state index contributed by atoms with van der Waals surface area (Å²) < 4.78 is 5.34. The molecule has 0 aliphatic carbocycles. The van der Waals surface area contributed by atoms with Crippen LogP contribution in [0.3, 0.4) is 0 Å². The van der Waals surface area contributed by atoms with E-state index in [-0.39, 0.29) is 11.5 Å². The van der Waals surface area contributed by atoms with Crippen LogP contribution in [-0.4, -0.2) is 37.0 Å². The Kier molecular flexibility index (Phi) is 5.20. The molecule has 128 valence electrons. The summed E-state index contributed by atoms with van der Waals surface area (Å²) in [6.45, 7) is 3.15. The number of carbonyl (C=O) groups is 1. The van der Waals surface area contributed by atoms with E-state index in [1.807, 2.05) is 24.3 Å². The summed E-state index contributed by atoms with van der Waals surface area (Å²) >= 11 is 0. The molecule has 6 nitrogen and oxygen atoms in total. The third kappa shape index (κ3) is 4.30. The molecular formula is C19H18N2O4. The van der Waals surface area contributed by atoms with Crippen LogP contribution in [0.1, 0.15) is 15.9 Å². The van der Waals surface area contributed by atoms with Crippen LogP contribution >= 0.6 is 0 Å². The number of rotatable bonds is 5. The molecule has 0 N–H and O–H groups in total. The Labute approximate surface area is 145 Å². The van der Waals surface area contributed by atoms with E-state index in [4.69, 9.17) is 4.74 Å². The van der Waals surface area contributed by atoms with Gasteiger partial charge in [0.25, 0.3) is 5.69 Å². The zero-order valence-corrected chi connectivity index (χ0v) is 13.6. The molecule has 1 saturated heterocycles. The zero-order valence-electron chi connectivity index (χ0n) is 13.6. The van der Waals surface area contributed by atoms with Crippen molar-refractivity contribution in [3.8, 4) is 0 Å². The minimum absolute atomic E-state index is 0.0298. The largest absolute Gasteiger partial charge is 0.378 e. The van der Waals surface area contributed by atoms with Crippen LogP contribution in [0.5, 0.6) is 0 Å². The number of nitro benzene ring substituents is 1. The fourth-order valence-electron chi connectivity index (χ4n) is 2.63. The lowest BCUT2D eigenvalue weighted by atomic mass is 10.1. The van der Waals surface area contributed by atoms with Crippen molar-refractivity contribution in [2.75, 3.05) is 31.2 Å². The standard InChI is InChI=1S/C19H18N2O4/c22-19(10-3-15-1-6-18(7-2-15)21(23)24)16-4-8-17(9-5-16)20-11-13-25-14-12-20/h1-10H,11-14H2/b10-3+. The van der Waals surface area contributed by atoms with E-state index in [0.717, 1.165) is 37.6 Å². The van der Waals surface area contributed by atoms with E-state index in [0.29, 0.717) is 5.56 Å². The Morgan fingerprint density at radius 3 is 2.28 bits per heavy atom. The van der Waals surface area contributed by atoms with Crippen molar-refractivity contribution in [2.24, 2.45) is 0 Å². The second kappa shape index (κ2) is 7.72. The van der Waals surface area contributed by atoms with Gasteiger partial charge >= 0.3 is 0 Å². The highest BCUT2D eigenvalue weighted by Gasteiger charge is 2.11. The van der Waals surface area contributed by atoms with Gasteiger partial charge in [-0.3, -0.25) is 14.9 Å². The van der Waals surface area contributed by atoms with Crippen molar-refractivity contribution in [3.05, 3.63) is 75.8 Å². The van der Waals surface area contributed by atoms with Crippen molar-refractivity contribution in [1.82, 2.24) is 0 Å². The molecule has 0 unspecified atom stereocenters. The van der Waals surface area contributed by atoms with Crippen molar-refractivity contribution in [2.45, 2.75) is 0 Å². The molecule has 2 aromatic rings. The van der Waals surface area contributed by atoms with Crippen LogP contribution in [0.25, 0.3) is 6.08 Å². The number of non-ortho nitro benzene ring substituents is 1. The smallest absolute Gasteiger partial charge is 0.269 e. The Morgan fingerprint density at radius 1 is 1.04 bits per heavy atom. The van der Waals surface area contributed by atoms with E-state index in [1.165, 1.54) is 18.2 Å². The summed E-state index contributed by atoms with van der Waals surface area (Å²) in [4.78, 5) is 24.7. The van der Waals surface area contributed by atoms with Crippen LogP contribution in [-0.2, 0) is 4.74 Å². The number of benzene rings is 2. The molecule has 0 radical (unpaired) electrons. The van der Waals surface area contributed by atoms with Crippen LogP contribution < -0.4 is 4.90 Å². The molecule has 25 heavy (non-hydrogen) atoms. The van der Waals surface area contributed by atoms with Crippen LogP contribution in [0, 0.1) is 10.1 Å². The zero-order chi connectivity index (χ0) is 17.6. The summed E-state index contributed by atoms with van der Waals surface area (Å²) in [5.74, 6) is -0.105. The number of allylic oxidation sites excluding steroid dienone is 1. The second-order valence-corrected chi connectivity index (χ2v) is 5.69. The molecule has 0 aromatic heterocycles. The molecule has 0 atom stereocenters. The predicted octanol–water partition coefficient (Wildman–Crippen LogP) is 3.33. The summed E-state index contributed by atoms with van der Waals surface area (Å²) in [6.07, 6.45) is 3.13. The number of hydrogen-bond donors (Lipinski definition) is 0. The highest BCUT2D eigenvalue weighted by atomic mass is 16.6. The Bertz CT molecular complexity index is 776. The number of anilines is 1. The number of ether oxygens (including phenoxy) is 1. The molecular weight excluding hydrogens is 320 g/mol. The van der Waals surface area contributed by atoms with Gasteiger partial charge in [-0.2, -0.15) is 0 Å². The molecule has 1 aliphatic heterocycles. The molecule has 1 heterocycles. The molecule has 0 spiro atoms. The van der Waals surface area contributed by atoms with Crippen LogP contribution in [0.4, 0.5) is 11.4 Å².